The lowest BCUT2D eigenvalue weighted by Gasteiger charge is -2.12. The van der Waals surface area contributed by atoms with Gasteiger partial charge in [0.15, 0.2) is 0 Å². The number of hydrogen-bond donors (Lipinski definition) is 2. The van der Waals surface area contributed by atoms with Crippen LogP contribution in [-0.4, -0.2) is 20.6 Å². The number of para-hydroxylation sites is 2. The van der Waals surface area contributed by atoms with Crippen molar-refractivity contribution in [2.75, 3.05) is 11.8 Å². The predicted octanol–water partition coefficient (Wildman–Crippen LogP) is 2.13. The minimum Gasteiger partial charge on any atom is -0.495 e. The molecule has 2 aromatic rings. The van der Waals surface area contributed by atoms with E-state index in [-0.39, 0.29) is 16.1 Å². The first-order valence-corrected chi connectivity index (χ1v) is 7.51. The van der Waals surface area contributed by atoms with Gasteiger partial charge in [0.25, 0.3) is 10.0 Å². The number of aliphatic hydroxyl groups excluding tert-OH is 1. The third-order valence-electron chi connectivity index (χ3n) is 2.85. The Balaban J connectivity index is 2.38. The van der Waals surface area contributed by atoms with Crippen molar-refractivity contribution in [2.45, 2.75) is 11.5 Å². The lowest BCUT2D eigenvalue weighted by atomic mass is 10.2. The summed E-state index contributed by atoms with van der Waals surface area (Å²) < 4.78 is 45.3. The molecule has 0 aliphatic carbocycles. The van der Waals surface area contributed by atoms with Gasteiger partial charge in [-0.15, -0.1) is 0 Å². The highest BCUT2D eigenvalue weighted by Gasteiger charge is 2.18. The van der Waals surface area contributed by atoms with E-state index in [0.29, 0.717) is 5.75 Å². The van der Waals surface area contributed by atoms with Crippen molar-refractivity contribution in [3.8, 4) is 5.75 Å². The third kappa shape index (κ3) is 3.32. The molecule has 0 atom stereocenters. The van der Waals surface area contributed by atoms with Crippen LogP contribution in [0.5, 0.6) is 5.75 Å². The van der Waals surface area contributed by atoms with Crippen LogP contribution in [0.3, 0.4) is 0 Å². The SMILES string of the molecule is COc1ccccc1NS(=O)(=O)c1ccc(F)c(CO)c1. The van der Waals surface area contributed by atoms with Crippen LogP contribution in [0.1, 0.15) is 5.56 Å². The average molecular weight is 311 g/mol. The van der Waals surface area contributed by atoms with E-state index in [1.54, 1.807) is 24.3 Å². The molecular formula is C14H14FNO4S. The Morgan fingerprint density at radius 3 is 2.62 bits per heavy atom. The molecule has 0 aliphatic rings. The molecule has 0 saturated carbocycles. The fourth-order valence-corrected chi connectivity index (χ4v) is 2.89. The third-order valence-corrected chi connectivity index (χ3v) is 4.21. The normalized spacial score (nSPS) is 11.2. The van der Waals surface area contributed by atoms with Crippen molar-refractivity contribution in [1.29, 1.82) is 0 Å². The van der Waals surface area contributed by atoms with Crippen LogP contribution in [0.2, 0.25) is 0 Å². The molecule has 0 spiro atoms. The lowest BCUT2D eigenvalue weighted by Crippen LogP contribution is -2.14. The quantitative estimate of drug-likeness (QED) is 0.887. The minimum absolute atomic E-state index is 0.0853. The number of hydrogen-bond acceptors (Lipinski definition) is 4. The van der Waals surface area contributed by atoms with Gasteiger partial charge < -0.3 is 9.84 Å². The Labute approximate surface area is 122 Å². The fourth-order valence-electron chi connectivity index (χ4n) is 1.77. The Morgan fingerprint density at radius 1 is 1.24 bits per heavy atom. The highest BCUT2D eigenvalue weighted by molar-refractivity contribution is 7.92. The molecular weight excluding hydrogens is 297 g/mol. The number of ether oxygens (including phenoxy) is 1. The van der Waals surface area contributed by atoms with E-state index < -0.39 is 22.4 Å². The topological polar surface area (TPSA) is 75.6 Å². The summed E-state index contributed by atoms with van der Waals surface area (Å²) in [6, 6.07) is 9.75. The maximum Gasteiger partial charge on any atom is 0.262 e. The summed E-state index contributed by atoms with van der Waals surface area (Å²) in [6.45, 7) is -0.580. The highest BCUT2D eigenvalue weighted by Crippen LogP contribution is 2.26. The van der Waals surface area contributed by atoms with Crippen molar-refractivity contribution in [3.63, 3.8) is 0 Å². The van der Waals surface area contributed by atoms with Gasteiger partial charge >= 0.3 is 0 Å². The number of aliphatic hydroxyl groups is 1. The summed E-state index contributed by atoms with van der Waals surface area (Å²) in [5.74, 6) is -0.292. The Bertz CT molecular complexity index is 746. The van der Waals surface area contributed by atoms with E-state index in [1.807, 2.05) is 0 Å². The van der Waals surface area contributed by atoms with Crippen molar-refractivity contribution < 1.29 is 22.7 Å². The summed E-state index contributed by atoms with van der Waals surface area (Å²) in [4.78, 5) is -0.140. The fraction of sp³-hybridized carbons (Fsp3) is 0.143. The summed E-state index contributed by atoms with van der Waals surface area (Å²) in [6.07, 6.45) is 0. The van der Waals surface area contributed by atoms with Crippen LogP contribution in [0.15, 0.2) is 47.4 Å². The predicted molar refractivity (Wildman–Crippen MR) is 76.1 cm³/mol. The Hall–Kier alpha value is -2.12. The molecule has 0 aliphatic heterocycles. The van der Waals surface area contributed by atoms with Gasteiger partial charge in [-0.05, 0) is 30.3 Å². The van der Waals surface area contributed by atoms with Gasteiger partial charge in [-0.25, -0.2) is 12.8 Å². The molecule has 0 unspecified atom stereocenters. The number of rotatable bonds is 5. The summed E-state index contributed by atoms with van der Waals surface area (Å²) in [7, 11) is -2.48. The second-order valence-corrected chi connectivity index (χ2v) is 5.90. The van der Waals surface area contributed by atoms with E-state index in [0.717, 1.165) is 18.2 Å². The average Bonchev–Trinajstić information content (AvgIpc) is 2.47. The summed E-state index contributed by atoms with van der Waals surface area (Å²) in [5, 5.41) is 9.01. The van der Waals surface area contributed by atoms with Crippen LogP contribution in [0.4, 0.5) is 10.1 Å². The molecule has 0 bridgehead atoms. The van der Waals surface area contributed by atoms with Crippen LogP contribution >= 0.6 is 0 Å². The second-order valence-electron chi connectivity index (χ2n) is 4.22. The molecule has 0 aromatic heterocycles. The molecule has 7 heteroatoms. The van der Waals surface area contributed by atoms with Gasteiger partial charge in [-0.1, -0.05) is 12.1 Å². The number of nitrogens with one attached hydrogen (secondary N) is 1. The minimum atomic E-state index is -3.90. The molecule has 0 fully saturated rings. The first-order valence-electron chi connectivity index (χ1n) is 6.03. The van der Waals surface area contributed by atoms with Crippen LogP contribution in [0.25, 0.3) is 0 Å². The number of benzene rings is 2. The molecule has 0 amide bonds. The molecule has 2 rings (SSSR count). The van der Waals surface area contributed by atoms with E-state index in [4.69, 9.17) is 9.84 Å². The largest absolute Gasteiger partial charge is 0.495 e. The highest BCUT2D eigenvalue weighted by atomic mass is 32.2. The number of methoxy groups -OCH3 is 1. The van der Waals surface area contributed by atoms with Crippen LogP contribution in [-0.2, 0) is 16.6 Å². The molecule has 0 heterocycles. The van der Waals surface area contributed by atoms with Gasteiger partial charge in [0.05, 0.1) is 24.3 Å². The van der Waals surface area contributed by atoms with Crippen LogP contribution < -0.4 is 9.46 Å². The number of sulfonamides is 1. The standard InChI is InChI=1S/C14H14FNO4S/c1-20-14-5-3-2-4-13(14)16-21(18,19)11-6-7-12(15)10(8-11)9-17/h2-8,16-17H,9H2,1H3. The Kier molecular flexibility index (Phi) is 4.44. The van der Waals surface area contributed by atoms with Gasteiger partial charge in [0.1, 0.15) is 11.6 Å². The zero-order valence-corrected chi connectivity index (χ0v) is 12.0. The number of anilines is 1. The molecule has 2 aromatic carbocycles. The van der Waals surface area contributed by atoms with E-state index in [2.05, 4.69) is 4.72 Å². The van der Waals surface area contributed by atoms with Crippen molar-refractivity contribution >= 4 is 15.7 Å². The Morgan fingerprint density at radius 2 is 1.95 bits per heavy atom. The first-order chi connectivity index (χ1) is 9.97. The van der Waals surface area contributed by atoms with Crippen LogP contribution in [0, 0.1) is 5.82 Å². The van der Waals surface area contributed by atoms with Gasteiger partial charge in [-0.2, -0.15) is 0 Å². The van der Waals surface area contributed by atoms with Crippen molar-refractivity contribution in [1.82, 2.24) is 0 Å². The molecule has 21 heavy (non-hydrogen) atoms. The molecule has 5 nitrogen and oxygen atoms in total. The lowest BCUT2D eigenvalue weighted by molar-refractivity contribution is 0.275. The van der Waals surface area contributed by atoms with E-state index in [1.165, 1.54) is 7.11 Å². The second kappa shape index (κ2) is 6.11. The van der Waals surface area contributed by atoms with E-state index >= 15 is 0 Å². The zero-order valence-electron chi connectivity index (χ0n) is 11.2. The van der Waals surface area contributed by atoms with Gasteiger partial charge in [-0.3, -0.25) is 4.72 Å². The molecule has 112 valence electrons. The van der Waals surface area contributed by atoms with E-state index in [9.17, 15) is 12.8 Å². The monoisotopic (exact) mass is 311 g/mol. The molecule has 0 saturated heterocycles. The van der Waals surface area contributed by atoms with Gasteiger partial charge in [0, 0.05) is 5.56 Å². The first kappa shape index (κ1) is 15.3. The number of halogens is 1. The van der Waals surface area contributed by atoms with Crippen molar-refractivity contribution in [3.05, 3.63) is 53.8 Å². The smallest absolute Gasteiger partial charge is 0.262 e. The molecule has 2 N–H and O–H groups in total. The zero-order chi connectivity index (χ0) is 15.5. The van der Waals surface area contributed by atoms with Gasteiger partial charge in [0.2, 0.25) is 0 Å². The maximum absolute atomic E-state index is 13.3. The summed E-state index contributed by atoms with van der Waals surface area (Å²) >= 11 is 0. The van der Waals surface area contributed by atoms with Crippen molar-refractivity contribution in [2.24, 2.45) is 0 Å². The maximum atomic E-state index is 13.3. The molecule has 0 radical (unpaired) electrons. The summed E-state index contributed by atoms with van der Waals surface area (Å²) in [5.41, 5.74) is 0.188.